The number of carbonyl (C=O) groups excluding carboxylic acids is 2. The van der Waals surface area contributed by atoms with Crippen LogP contribution < -0.4 is 0 Å². The molecule has 4 fully saturated rings. The molecule has 1 heterocycles. The summed E-state index contributed by atoms with van der Waals surface area (Å²) in [7, 11) is 0. The van der Waals surface area contributed by atoms with Crippen molar-refractivity contribution >= 4 is 23.3 Å². The Bertz CT molecular complexity index is 619. The third kappa shape index (κ3) is 1.83. The summed E-state index contributed by atoms with van der Waals surface area (Å²) in [5.74, 6) is 4.27. The molecule has 3 heteroatoms. The fraction of sp³-hybridized carbons (Fsp3) is 0.800. The molecule has 6 atom stereocenters. The van der Waals surface area contributed by atoms with Gasteiger partial charge < -0.3 is 0 Å². The molecule has 0 amide bonds. The Morgan fingerprint density at radius 3 is 2.65 bits per heavy atom. The first kappa shape index (κ1) is 14.7. The molecular formula is C20H26O2S. The second-order valence-electron chi connectivity index (χ2n) is 8.83. The molecule has 5 rings (SSSR count). The number of hydrogen-bond acceptors (Lipinski definition) is 3. The summed E-state index contributed by atoms with van der Waals surface area (Å²) in [6.07, 6.45) is 10.5. The molecule has 0 N–H and O–H groups in total. The molecular weight excluding hydrogens is 304 g/mol. The van der Waals surface area contributed by atoms with E-state index in [-0.39, 0.29) is 5.41 Å². The van der Waals surface area contributed by atoms with Crippen molar-refractivity contribution in [3.63, 3.8) is 0 Å². The molecule has 0 radical (unpaired) electrons. The lowest BCUT2D eigenvalue weighted by Gasteiger charge is -2.58. The first-order valence-corrected chi connectivity index (χ1v) is 10.5. The monoisotopic (exact) mass is 330 g/mol. The lowest BCUT2D eigenvalue weighted by Crippen LogP contribution is -2.53. The van der Waals surface area contributed by atoms with E-state index in [4.69, 9.17) is 0 Å². The maximum atomic E-state index is 12.5. The maximum Gasteiger partial charge on any atom is 0.155 e. The van der Waals surface area contributed by atoms with Gasteiger partial charge in [0, 0.05) is 34.7 Å². The van der Waals surface area contributed by atoms with Gasteiger partial charge in [0.25, 0.3) is 0 Å². The number of allylic oxidation sites excluding steroid dienone is 1. The van der Waals surface area contributed by atoms with Crippen LogP contribution in [0.25, 0.3) is 0 Å². The fourth-order valence-corrected chi connectivity index (χ4v) is 8.13. The van der Waals surface area contributed by atoms with Crippen LogP contribution in [0.15, 0.2) is 11.6 Å². The molecule has 124 valence electrons. The minimum atomic E-state index is -0.0231. The van der Waals surface area contributed by atoms with Gasteiger partial charge in [-0.2, -0.15) is 11.8 Å². The van der Waals surface area contributed by atoms with Crippen LogP contribution in [0.3, 0.4) is 0 Å². The van der Waals surface area contributed by atoms with E-state index in [2.05, 4.69) is 18.7 Å². The Morgan fingerprint density at radius 1 is 1.04 bits per heavy atom. The predicted octanol–water partition coefficient (Wildman–Crippen LogP) is 4.18. The van der Waals surface area contributed by atoms with Crippen molar-refractivity contribution < 1.29 is 9.59 Å². The van der Waals surface area contributed by atoms with Crippen molar-refractivity contribution in [2.45, 2.75) is 63.5 Å². The first-order chi connectivity index (χ1) is 11.1. The topological polar surface area (TPSA) is 34.1 Å². The average Bonchev–Trinajstić information content (AvgIpc) is 3.34. The van der Waals surface area contributed by atoms with E-state index in [1.165, 1.54) is 24.2 Å². The number of fused-ring (bicyclic) bond motifs is 5. The quantitative estimate of drug-likeness (QED) is 0.676. The largest absolute Gasteiger partial charge is 0.299 e. The van der Waals surface area contributed by atoms with E-state index in [9.17, 15) is 9.59 Å². The zero-order valence-corrected chi connectivity index (χ0v) is 14.8. The number of hydrogen-bond donors (Lipinski definition) is 0. The zero-order valence-electron chi connectivity index (χ0n) is 14.0. The standard InChI is InChI=1S/C20H26O2S/c1-19-8-7-16-14(15(19)4-5-17(19)22)3-2-12-10-13(21)6-9-20(12,16)18-11-23-18/h10,14-16,18H,2-9,11H2,1H3/t14-,15-,16-,18-,19-,20+/m0/s1. The Morgan fingerprint density at radius 2 is 1.87 bits per heavy atom. The molecule has 3 saturated carbocycles. The van der Waals surface area contributed by atoms with Crippen LogP contribution >= 0.6 is 11.8 Å². The summed E-state index contributed by atoms with van der Waals surface area (Å²) in [5, 5.41) is 0.760. The van der Waals surface area contributed by atoms with Crippen LogP contribution in [0.1, 0.15) is 58.3 Å². The van der Waals surface area contributed by atoms with E-state index in [1.807, 2.05) is 6.08 Å². The van der Waals surface area contributed by atoms with Crippen LogP contribution in [0, 0.1) is 28.6 Å². The second kappa shape index (κ2) is 4.74. The number of rotatable bonds is 1. The van der Waals surface area contributed by atoms with Crippen molar-refractivity contribution in [1.29, 1.82) is 0 Å². The number of carbonyl (C=O) groups is 2. The SMILES string of the molecule is C[C@]12CC[C@H]3[C@@H](CCC4=CC(=O)CC[C@@]43[C@@H]3CS3)[C@@H]1CCC2=O. The Labute approximate surface area is 142 Å². The minimum absolute atomic E-state index is 0.0231. The van der Waals surface area contributed by atoms with Crippen LogP contribution in [-0.4, -0.2) is 22.6 Å². The highest BCUT2D eigenvalue weighted by molar-refractivity contribution is 8.06. The van der Waals surface area contributed by atoms with E-state index >= 15 is 0 Å². The second-order valence-corrected chi connectivity index (χ2v) is 10.1. The molecule has 1 aliphatic heterocycles. The first-order valence-electron chi connectivity index (χ1n) is 9.44. The maximum absolute atomic E-state index is 12.5. The normalized spacial score (nSPS) is 51.6. The average molecular weight is 330 g/mol. The lowest BCUT2D eigenvalue weighted by atomic mass is 9.46. The van der Waals surface area contributed by atoms with E-state index < -0.39 is 0 Å². The summed E-state index contributed by atoms with van der Waals surface area (Å²) in [5.41, 5.74) is 1.79. The van der Waals surface area contributed by atoms with Gasteiger partial charge in [0.2, 0.25) is 0 Å². The van der Waals surface area contributed by atoms with Crippen LogP contribution in [0.4, 0.5) is 0 Å². The molecule has 1 saturated heterocycles. The van der Waals surface area contributed by atoms with Crippen molar-refractivity contribution in [2.75, 3.05) is 5.75 Å². The zero-order chi connectivity index (χ0) is 15.8. The van der Waals surface area contributed by atoms with Crippen LogP contribution in [-0.2, 0) is 9.59 Å². The summed E-state index contributed by atoms with van der Waals surface area (Å²) >= 11 is 2.11. The molecule has 23 heavy (non-hydrogen) atoms. The lowest BCUT2D eigenvalue weighted by molar-refractivity contribution is -0.132. The Balaban J connectivity index is 1.57. The number of Topliss-reactive ketones (excluding diaryl/α,β-unsaturated/α-hetero) is 1. The molecule has 0 unspecified atom stereocenters. The molecule has 0 spiro atoms. The van der Waals surface area contributed by atoms with E-state index in [1.54, 1.807) is 0 Å². The minimum Gasteiger partial charge on any atom is -0.299 e. The van der Waals surface area contributed by atoms with Gasteiger partial charge in [-0.15, -0.1) is 0 Å². The number of ketones is 2. The third-order valence-electron chi connectivity index (χ3n) is 8.18. The van der Waals surface area contributed by atoms with Gasteiger partial charge >= 0.3 is 0 Å². The molecule has 2 nitrogen and oxygen atoms in total. The van der Waals surface area contributed by atoms with Gasteiger partial charge in [-0.25, -0.2) is 0 Å². The molecule has 0 aromatic carbocycles. The van der Waals surface area contributed by atoms with Gasteiger partial charge in [0.1, 0.15) is 5.78 Å². The van der Waals surface area contributed by atoms with E-state index in [0.29, 0.717) is 22.9 Å². The van der Waals surface area contributed by atoms with Gasteiger partial charge in [-0.05, 0) is 62.4 Å². The van der Waals surface area contributed by atoms with Gasteiger partial charge in [0.15, 0.2) is 5.78 Å². The van der Waals surface area contributed by atoms with Crippen LogP contribution in [0.5, 0.6) is 0 Å². The van der Waals surface area contributed by atoms with Crippen molar-refractivity contribution in [2.24, 2.45) is 28.6 Å². The van der Waals surface area contributed by atoms with Crippen molar-refractivity contribution in [3.05, 3.63) is 11.6 Å². The highest BCUT2D eigenvalue weighted by Gasteiger charge is 2.63. The van der Waals surface area contributed by atoms with Gasteiger partial charge in [0.05, 0.1) is 0 Å². The van der Waals surface area contributed by atoms with Gasteiger partial charge in [-0.1, -0.05) is 12.5 Å². The molecule has 0 aromatic rings. The predicted molar refractivity (Wildman–Crippen MR) is 92.3 cm³/mol. The smallest absolute Gasteiger partial charge is 0.155 e. The van der Waals surface area contributed by atoms with E-state index in [0.717, 1.165) is 55.6 Å². The van der Waals surface area contributed by atoms with Crippen LogP contribution in [0.2, 0.25) is 0 Å². The summed E-state index contributed by atoms with van der Waals surface area (Å²) < 4.78 is 0. The summed E-state index contributed by atoms with van der Waals surface area (Å²) in [6.45, 7) is 2.26. The fourth-order valence-electron chi connectivity index (χ4n) is 6.99. The number of thioether (sulfide) groups is 1. The summed E-state index contributed by atoms with van der Waals surface area (Å²) in [4.78, 5) is 24.5. The van der Waals surface area contributed by atoms with Crippen molar-refractivity contribution in [1.82, 2.24) is 0 Å². The van der Waals surface area contributed by atoms with Crippen molar-refractivity contribution in [3.8, 4) is 0 Å². The Kier molecular flexibility index (Phi) is 3.04. The molecule has 0 bridgehead atoms. The summed E-state index contributed by atoms with van der Waals surface area (Å²) in [6, 6.07) is 0. The molecule has 0 aromatic heterocycles. The third-order valence-corrected chi connectivity index (χ3v) is 9.27. The molecule has 4 aliphatic carbocycles. The van der Waals surface area contributed by atoms with Gasteiger partial charge in [-0.3, -0.25) is 9.59 Å². The highest BCUT2D eigenvalue weighted by atomic mass is 32.2. The Hall–Kier alpha value is -0.570. The highest BCUT2D eigenvalue weighted by Crippen LogP contribution is 2.69. The molecule has 5 aliphatic rings.